The van der Waals surface area contributed by atoms with Gasteiger partial charge in [-0.1, -0.05) is 30.3 Å². The van der Waals surface area contributed by atoms with Crippen LogP contribution in [0, 0.1) is 0 Å². The van der Waals surface area contributed by atoms with Crippen molar-refractivity contribution in [2.24, 2.45) is 9.98 Å². The minimum Gasteiger partial charge on any atom is -0.357 e. The SMILES string of the molecule is CC1(C)c2ccc([nH]2)C=Nc2ccccc2NC(=O)c2cccc(n2)C(=O)Nc2ccccc2N=Cc2ccc1[nH]2. The van der Waals surface area contributed by atoms with Crippen molar-refractivity contribution in [2.45, 2.75) is 19.3 Å². The summed E-state index contributed by atoms with van der Waals surface area (Å²) in [5.74, 6) is -0.911. The number of hydrogen-bond donors (Lipinski definition) is 4. The highest BCUT2D eigenvalue weighted by atomic mass is 16.2. The zero-order chi connectivity index (χ0) is 28.4. The van der Waals surface area contributed by atoms with Gasteiger partial charge in [0.25, 0.3) is 11.8 Å². The Kier molecular flexibility index (Phi) is 6.60. The standard InChI is InChI=1S/C32H27N7O2/c1-32(2)28-16-14-20(35-28)18-33-22-8-3-5-10-24(22)38-30(40)26-12-7-13-27(37-26)31(41)39-25-11-6-4-9-23(25)34-19-21-15-17-29(32)36-21/h3-19,35-36H,1-2H3,(H,38,40)(H,39,41). The summed E-state index contributed by atoms with van der Waals surface area (Å²) in [5, 5.41) is 5.74. The molecular formula is C32H27N7O2. The van der Waals surface area contributed by atoms with E-state index < -0.39 is 11.8 Å². The molecule has 9 heteroatoms. The molecule has 0 saturated carbocycles. The number of pyridine rings is 1. The van der Waals surface area contributed by atoms with Crippen LogP contribution in [0.5, 0.6) is 0 Å². The van der Waals surface area contributed by atoms with E-state index in [1.807, 2.05) is 60.7 Å². The first-order chi connectivity index (χ1) is 19.9. The predicted octanol–water partition coefficient (Wildman–Crippen LogP) is 6.38. The number of anilines is 2. The number of aromatic amines is 2. The van der Waals surface area contributed by atoms with E-state index in [9.17, 15) is 9.59 Å². The first-order valence-corrected chi connectivity index (χ1v) is 13.1. The molecule has 0 aliphatic carbocycles. The smallest absolute Gasteiger partial charge is 0.274 e. The number of benzene rings is 2. The third-order valence-corrected chi connectivity index (χ3v) is 6.97. The van der Waals surface area contributed by atoms with Crippen molar-refractivity contribution < 1.29 is 9.59 Å². The molecular weight excluding hydrogens is 514 g/mol. The molecule has 0 spiro atoms. The van der Waals surface area contributed by atoms with Crippen molar-refractivity contribution in [1.82, 2.24) is 15.0 Å². The second kappa shape index (κ2) is 10.5. The number of nitrogens with zero attached hydrogens (tertiary/aromatic N) is 3. The summed E-state index contributed by atoms with van der Waals surface area (Å²) in [6, 6.07) is 27.2. The molecule has 5 aromatic rings. The molecule has 2 aromatic carbocycles. The summed E-state index contributed by atoms with van der Waals surface area (Å²) in [4.78, 5) is 46.8. The van der Waals surface area contributed by atoms with E-state index in [1.54, 1.807) is 42.8 Å². The van der Waals surface area contributed by atoms with Crippen LogP contribution in [0.3, 0.4) is 0 Å². The Morgan fingerprint density at radius 1 is 0.561 bits per heavy atom. The Balaban J connectivity index is 1.43. The number of nitrogens with one attached hydrogen (secondary N) is 4. The van der Waals surface area contributed by atoms with Crippen LogP contribution >= 0.6 is 0 Å². The van der Waals surface area contributed by atoms with Crippen LogP contribution in [0.25, 0.3) is 0 Å². The summed E-state index contributed by atoms with van der Waals surface area (Å²) >= 11 is 0. The van der Waals surface area contributed by atoms with Gasteiger partial charge in [0.05, 0.1) is 46.6 Å². The molecule has 4 N–H and O–H groups in total. The molecule has 9 nitrogen and oxygen atoms in total. The Labute approximate surface area is 236 Å². The van der Waals surface area contributed by atoms with E-state index in [0.717, 1.165) is 22.8 Å². The van der Waals surface area contributed by atoms with E-state index in [2.05, 4.69) is 49.4 Å². The van der Waals surface area contributed by atoms with E-state index in [1.165, 1.54) is 0 Å². The van der Waals surface area contributed by atoms with Crippen LogP contribution in [0.15, 0.2) is 101 Å². The highest BCUT2D eigenvalue weighted by molar-refractivity contribution is 6.07. The summed E-state index contributed by atoms with van der Waals surface area (Å²) in [5.41, 5.74) is 5.70. The van der Waals surface area contributed by atoms with Crippen molar-refractivity contribution in [3.63, 3.8) is 0 Å². The summed E-state index contributed by atoms with van der Waals surface area (Å²) in [6.07, 6.45) is 3.45. The normalized spacial score (nSPS) is 14.6. The zero-order valence-electron chi connectivity index (χ0n) is 22.5. The molecule has 1 aliphatic rings. The second-order valence-electron chi connectivity index (χ2n) is 10.1. The second-order valence-corrected chi connectivity index (χ2v) is 10.1. The number of aliphatic imine (C=N–C) groups is 2. The summed E-state index contributed by atoms with van der Waals surface area (Å²) < 4.78 is 0. The maximum absolute atomic E-state index is 13.1. The van der Waals surface area contributed by atoms with E-state index in [-0.39, 0.29) is 16.8 Å². The zero-order valence-corrected chi connectivity index (χ0v) is 22.5. The van der Waals surface area contributed by atoms with Crippen LogP contribution in [0.4, 0.5) is 22.7 Å². The Morgan fingerprint density at radius 2 is 1.02 bits per heavy atom. The number of amides is 2. The van der Waals surface area contributed by atoms with Crippen molar-refractivity contribution in [3.05, 3.63) is 125 Å². The van der Waals surface area contributed by atoms with Crippen molar-refractivity contribution in [1.29, 1.82) is 0 Å². The van der Waals surface area contributed by atoms with Crippen molar-refractivity contribution >= 4 is 47.0 Å². The van der Waals surface area contributed by atoms with Gasteiger partial charge in [-0.25, -0.2) is 4.98 Å². The summed E-state index contributed by atoms with van der Waals surface area (Å²) in [7, 11) is 0. The lowest BCUT2D eigenvalue weighted by Gasteiger charge is -2.22. The average molecular weight is 542 g/mol. The van der Waals surface area contributed by atoms with Gasteiger partial charge in [0.15, 0.2) is 0 Å². The lowest BCUT2D eigenvalue weighted by molar-refractivity contribution is 0.101. The monoisotopic (exact) mass is 541 g/mol. The van der Waals surface area contributed by atoms with Crippen LogP contribution in [0.1, 0.15) is 57.6 Å². The average Bonchev–Trinajstić information content (AvgIpc) is 3.67. The highest BCUT2D eigenvalue weighted by Gasteiger charge is 2.26. The molecule has 202 valence electrons. The first kappa shape index (κ1) is 25.7. The van der Waals surface area contributed by atoms with Crippen LogP contribution in [0.2, 0.25) is 0 Å². The van der Waals surface area contributed by atoms with Crippen molar-refractivity contribution in [2.75, 3.05) is 10.6 Å². The minimum atomic E-state index is -0.456. The Bertz CT molecular complexity index is 1700. The van der Waals surface area contributed by atoms with Gasteiger partial charge < -0.3 is 20.6 Å². The molecule has 1 aliphatic heterocycles. The molecule has 2 amide bonds. The molecule has 0 fully saturated rings. The number of rotatable bonds is 0. The van der Waals surface area contributed by atoms with E-state index in [4.69, 9.17) is 0 Å². The maximum atomic E-state index is 13.1. The van der Waals surface area contributed by atoms with Gasteiger partial charge in [-0.15, -0.1) is 0 Å². The number of para-hydroxylation sites is 4. The molecule has 6 rings (SSSR count). The molecule has 3 aromatic heterocycles. The van der Waals surface area contributed by atoms with Gasteiger partial charge in [0.2, 0.25) is 0 Å². The van der Waals surface area contributed by atoms with Gasteiger partial charge in [0, 0.05) is 16.8 Å². The molecule has 4 heterocycles. The maximum Gasteiger partial charge on any atom is 0.274 e. The molecule has 0 saturated heterocycles. The van der Waals surface area contributed by atoms with Gasteiger partial charge >= 0.3 is 0 Å². The predicted molar refractivity (Wildman–Crippen MR) is 161 cm³/mol. The largest absolute Gasteiger partial charge is 0.357 e. The fourth-order valence-electron chi connectivity index (χ4n) is 4.57. The first-order valence-electron chi connectivity index (χ1n) is 13.1. The minimum absolute atomic E-state index is 0.101. The molecule has 0 atom stereocenters. The number of carbonyl (C=O) groups excluding carboxylic acids is 2. The van der Waals surface area contributed by atoms with Gasteiger partial charge in [-0.2, -0.15) is 0 Å². The fraction of sp³-hybridized carbons (Fsp3) is 0.0938. The number of aromatic nitrogens is 3. The van der Waals surface area contributed by atoms with Crippen LogP contribution < -0.4 is 10.6 Å². The third kappa shape index (κ3) is 5.33. The lowest BCUT2D eigenvalue weighted by Crippen LogP contribution is -2.20. The van der Waals surface area contributed by atoms with Crippen molar-refractivity contribution in [3.8, 4) is 0 Å². The van der Waals surface area contributed by atoms with E-state index in [0.29, 0.717) is 22.7 Å². The van der Waals surface area contributed by atoms with Crippen LogP contribution in [-0.2, 0) is 5.41 Å². The molecule has 0 radical (unpaired) electrons. The fourth-order valence-corrected chi connectivity index (χ4v) is 4.57. The van der Waals surface area contributed by atoms with Gasteiger partial charge in [-0.05, 0) is 74.5 Å². The van der Waals surface area contributed by atoms with E-state index >= 15 is 0 Å². The quantitative estimate of drug-likeness (QED) is 0.182. The Hall–Kier alpha value is -5.57. The third-order valence-electron chi connectivity index (χ3n) is 6.97. The number of hydrogen-bond acceptors (Lipinski definition) is 5. The Morgan fingerprint density at radius 3 is 1.51 bits per heavy atom. The van der Waals surface area contributed by atoms with Gasteiger partial charge in [-0.3, -0.25) is 19.6 Å². The highest BCUT2D eigenvalue weighted by Crippen LogP contribution is 2.31. The molecule has 6 bridgehead atoms. The molecule has 41 heavy (non-hydrogen) atoms. The number of fused-ring (bicyclic) bond motifs is 8. The van der Waals surface area contributed by atoms with Gasteiger partial charge in [0.1, 0.15) is 11.4 Å². The van der Waals surface area contributed by atoms with Crippen LogP contribution in [-0.4, -0.2) is 39.2 Å². The number of H-pyrrole nitrogens is 2. The molecule has 0 unspecified atom stereocenters. The lowest BCUT2D eigenvalue weighted by atomic mass is 9.86. The summed E-state index contributed by atoms with van der Waals surface area (Å²) in [6.45, 7) is 4.26. The number of carbonyl (C=O) groups is 2. The topological polar surface area (TPSA) is 127 Å².